The van der Waals surface area contributed by atoms with Crippen molar-refractivity contribution >= 4 is 5.91 Å². The number of hydrogen-bond donors (Lipinski definition) is 2. The number of hydrogen-bond acceptors (Lipinski definition) is 3. The Morgan fingerprint density at radius 1 is 1.48 bits per heavy atom. The van der Waals surface area contributed by atoms with Gasteiger partial charge in [0.25, 0.3) is 11.5 Å². The van der Waals surface area contributed by atoms with Crippen LogP contribution in [0.3, 0.4) is 0 Å². The molecule has 1 heterocycles. The van der Waals surface area contributed by atoms with E-state index in [0.29, 0.717) is 11.5 Å². The number of aliphatic hydroxyl groups is 1. The highest BCUT2D eigenvalue weighted by atomic mass is 16.3. The first-order valence-electron chi connectivity index (χ1n) is 7.61. The monoisotopic (exact) mass is 292 g/mol. The van der Waals surface area contributed by atoms with Crippen LogP contribution in [0.5, 0.6) is 0 Å². The average molecular weight is 292 g/mol. The zero-order valence-corrected chi connectivity index (χ0v) is 12.8. The van der Waals surface area contributed by atoms with Crippen molar-refractivity contribution in [2.24, 2.45) is 13.0 Å². The molecule has 2 rings (SSSR count). The topological polar surface area (TPSA) is 71.3 Å². The summed E-state index contributed by atoms with van der Waals surface area (Å²) in [5, 5.41) is 13.3. The molecule has 5 heteroatoms. The highest BCUT2D eigenvalue weighted by Gasteiger charge is 2.32. The molecule has 0 bridgehead atoms. The fraction of sp³-hybridized carbons (Fsp3) is 0.625. The lowest BCUT2D eigenvalue weighted by atomic mass is 9.78. The van der Waals surface area contributed by atoms with Gasteiger partial charge in [0.2, 0.25) is 0 Å². The Morgan fingerprint density at radius 2 is 2.14 bits per heavy atom. The Morgan fingerprint density at radius 3 is 2.71 bits per heavy atom. The Balaban J connectivity index is 1.92. The number of rotatable bonds is 4. The van der Waals surface area contributed by atoms with Crippen molar-refractivity contribution in [3.63, 3.8) is 0 Å². The molecule has 1 aromatic rings. The minimum Gasteiger partial charge on any atom is -0.388 e. The van der Waals surface area contributed by atoms with Crippen LogP contribution in [0.25, 0.3) is 0 Å². The molecule has 1 saturated carbocycles. The first kappa shape index (κ1) is 15.8. The Kier molecular flexibility index (Phi) is 4.83. The summed E-state index contributed by atoms with van der Waals surface area (Å²) in [7, 11) is 1.64. The van der Waals surface area contributed by atoms with Crippen LogP contribution < -0.4 is 10.9 Å². The summed E-state index contributed by atoms with van der Waals surface area (Å²) < 4.78 is 1.41. The average Bonchev–Trinajstić information content (AvgIpc) is 2.48. The highest BCUT2D eigenvalue weighted by molar-refractivity contribution is 5.94. The summed E-state index contributed by atoms with van der Waals surface area (Å²) >= 11 is 0. The largest absolute Gasteiger partial charge is 0.388 e. The van der Waals surface area contributed by atoms with Crippen molar-refractivity contribution in [1.82, 2.24) is 9.88 Å². The second kappa shape index (κ2) is 6.43. The highest BCUT2D eigenvalue weighted by Crippen LogP contribution is 2.33. The maximum atomic E-state index is 12.0. The first-order valence-corrected chi connectivity index (χ1v) is 7.61. The molecule has 1 amide bonds. The van der Waals surface area contributed by atoms with Gasteiger partial charge in [-0.2, -0.15) is 0 Å². The molecule has 1 aromatic heterocycles. The summed E-state index contributed by atoms with van der Waals surface area (Å²) in [4.78, 5) is 23.6. The quantitative estimate of drug-likeness (QED) is 0.882. The first-order chi connectivity index (χ1) is 9.93. The molecule has 2 N–H and O–H groups in total. The Labute approximate surface area is 125 Å². The number of carbonyl (C=O) groups is 1. The smallest absolute Gasteiger partial charge is 0.251 e. The van der Waals surface area contributed by atoms with Crippen molar-refractivity contribution < 1.29 is 9.90 Å². The minimum atomic E-state index is -0.804. The molecule has 116 valence electrons. The normalized spacial score (nSPS) is 25.6. The molecular weight excluding hydrogens is 268 g/mol. The van der Waals surface area contributed by atoms with Crippen LogP contribution >= 0.6 is 0 Å². The van der Waals surface area contributed by atoms with Gasteiger partial charge in [0, 0.05) is 31.4 Å². The molecule has 0 atom stereocenters. The summed E-state index contributed by atoms with van der Waals surface area (Å²) in [6.07, 6.45) is 6.18. The van der Waals surface area contributed by atoms with E-state index in [-0.39, 0.29) is 18.0 Å². The number of nitrogens with zero attached hydrogens (tertiary/aromatic N) is 1. The molecule has 1 aliphatic rings. The fourth-order valence-corrected chi connectivity index (χ4v) is 2.84. The van der Waals surface area contributed by atoms with E-state index < -0.39 is 5.60 Å². The standard InChI is InChI=1S/C16H24N2O3/c1-3-12-4-7-16(21,8-5-12)11-17-15(20)13-6-9-18(2)14(19)10-13/h6,9-10,12,21H,3-5,7-8,11H2,1-2H3,(H,17,20). The van der Waals surface area contributed by atoms with Gasteiger partial charge in [-0.1, -0.05) is 13.3 Å². The molecule has 0 aliphatic heterocycles. The number of nitrogens with one attached hydrogen (secondary N) is 1. The molecule has 0 unspecified atom stereocenters. The summed E-state index contributed by atoms with van der Waals surface area (Å²) in [5.41, 5.74) is -0.685. The van der Waals surface area contributed by atoms with Crippen LogP contribution in [0.4, 0.5) is 0 Å². The van der Waals surface area contributed by atoms with Gasteiger partial charge in [-0.05, 0) is 37.7 Å². The van der Waals surface area contributed by atoms with Crippen LogP contribution in [-0.4, -0.2) is 27.7 Å². The van der Waals surface area contributed by atoms with E-state index in [0.717, 1.165) is 32.1 Å². The number of pyridine rings is 1. The molecule has 21 heavy (non-hydrogen) atoms. The number of aryl methyl sites for hydroxylation is 1. The van der Waals surface area contributed by atoms with E-state index in [1.54, 1.807) is 19.3 Å². The summed E-state index contributed by atoms with van der Waals surface area (Å²) in [6, 6.07) is 2.92. The lowest BCUT2D eigenvalue weighted by Gasteiger charge is -2.35. The summed E-state index contributed by atoms with van der Waals surface area (Å²) in [6.45, 7) is 2.42. The van der Waals surface area contributed by atoms with E-state index in [1.165, 1.54) is 10.6 Å². The predicted molar refractivity (Wildman–Crippen MR) is 81.2 cm³/mol. The lowest BCUT2D eigenvalue weighted by Crippen LogP contribution is -2.45. The van der Waals surface area contributed by atoms with Gasteiger partial charge in [-0.25, -0.2) is 0 Å². The molecule has 1 aliphatic carbocycles. The molecule has 1 fully saturated rings. The zero-order valence-electron chi connectivity index (χ0n) is 12.8. The third-order valence-electron chi connectivity index (χ3n) is 4.56. The van der Waals surface area contributed by atoms with Gasteiger partial charge < -0.3 is 15.0 Å². The second-order valence-electron chi connectivity index (χ2n) is 6.12. The third-order valence-corrected chi connectivity index (χ3v) is 4.56. The molecule has 0 spiro atoms. The van der Waals surface area contributed by atoms with E-state index in [1.807, 2.05) is 0 Å². The van der Waals surface area contributed by atoms with Crippen LogP contribution in [0, 0.1) is 5.92 Å². The van der Waals surface area contributed by atoms with Gasteiger partial charge in [0.15, 0.2) is 0 Å². The maximum Gasteiger partial charge on any atom is 0.251 e. The van der Waals surface area contributed by atoms with Crippen molar-refractivity contribution in [3.05, 3.63) is 34.2 Å². The zero-order chi connectivity index (χ0) is 15.5. The number of carbonyl (C=O) groups excluding carboxylic acids is 1. The van der Waals surface area contributed by atoms with Crippen molar-refractivity contribution in [2.75, 3.05) is 6.54 Å². The van der Waals surface area contributed by atoms with Gasteiger partial charge in [0.1, 0.15) is 0 Å². The molecule has 0 aromatic carbocycles. The molecular formula is C16H24N2O3. The van der Waals surface area contributed by atoms with Crippen molar-refractivity contribution in [3.8, 4) is 0 Å². The van der Waals surface area contributed by atoms with Gasteiger partial charge in [-0.15, -0.1) is 0 Å². The lowest BCUT2D eigenvalue weighted by molar-refractivity contribution is -0.00786. The van der Waals surface area contributed by atoms with Gasteiger partial charge in [-0.3, -0.25) is 9.59 Å². The molecule has 0 saturated heterocycles. The van der Waals surface area contributed by atoms with Gasteiger partial charge in [0.05, 0.1) is 5.60 Å². The Bertz CT molecular complexity index is 557. The summed E-state index contributed by atoms with van der Waals surface area (Å²) in [5.74, 6) is 0.386. The number of amides is 1. The van der Waals surface area contributed by atoms with E-state index >= 15 is 0 Å². The van der Waals surface area contributed by atoms with Crippen molar-refractivity contribution in [2.45, 2.75) is 44.6 Å². The van der Waals surface area contributed by atoms with Gasteiger partial charge >= 0.3 is 0 Å². The van der Waals surface area contributed by atoms with Crippen LogP contribution in [0.1, 0.15) is 49.4 Å². The van der Waals surface area contributed by atoms with E-state index in [2.05, 4.69) is 12.2 Å². The van der Waals surface area contributed by atoms with Crippen LogP contribution in [0.15, 0.2) is 23.1 Å². The predicted octanol–water partition coefficient (Wildman–Crippen LogP) is 1.45. The maximum absolute atomic E-state index is 12.0. The van der Waals surface area contributed by atoms with Crippen LogP contribution in [-0.2, 0) is 7.05 Å². The fourth-order valence-electron chi connectivity index (χ4n) is 2.84. The number of aromatic nitrogens is 1. The second-order valence-corrected chi connectivity index (χ2v) is 6.12. The Hall–Kier alpha value is -1.62. The minimum absolute atomic E-state index is 0.218. The third kappa shape index (κ3) is 3.94. The van der Waals surface area contributed by atoms with Crippen LogP contribution in [0.2, 0.25) is 0 Å². The SMILES string of the molecule is CCC1CCC(O)(CNC(=O)c2ccn(C)c(=O)c2)CC1. The van der Waals surface area contributed by atoms with Crippen molar-refractivity contribution in [1.29, 1.82) is 0 Å². The van der Waals surface area contributed by atoms with E-state index in [4.69, 9.17) is 0 Å². The molecule has 5 nitrogen and oxygen atoms in total. The molecule has 0 radical (unpaired) electrons. The van der Waals surface area contributed by atoms with E-state index in [9.17, 15) is 14.7 Å².